The normalized spacial score (nSPS) is 12.1. The smallest absolute Gasteiger partial charge is 0.0978 e. The van der Waals surface area contributed by atoms with Crippen molar-refractivity contribution in [1.29, 1.82) is 0 Å². The average molecular weight is 628 g/mol. The van der Waals surface area contributed by atoms with Gasteiger partial charge in [-0.15, -0.1) is 0 Å². The lowest BCUT2D eigenvalue weighted by Gasteiger charge is -2.17. The molecule has 0 rings (SSSR count). The molecule has 1 N–H and O–H groups in total. The van der Waals surface area contributed by atoms with Crippen molar-refractivity contribution < 1.29 is 4.74 Å². The number of allylic oxidation sites excluding steroid dienone is 9. The predicted octanol–water partition coefficient (Wildman–Crippen LogP) is 14.5. The molecule has 264 valence electrons. The lowest BCUT2D eigenvalue weighted by atomic mass is 10.0. The van der Waals surface area contributed by atoms with E-state index in [1.54, 1.807) is 0 Å². The first-order valence-corrected chi connectivity index (χ1v) is 19.8. The van der Waals surface area contributed by atoms with Crippen molar-refractivity contribution in [2.75, 3.05) is 14.1 Å². The Hall–Kier alpha value is -1.54. The Morgan fingerprint density at radius 2 is 0.756 bits per heavy atom. The molecule has 0 bridgehead atoms. The molecule has 0 aliphatic rings. The van der Waals surface area contributed by atoms with Gasteiger partial charge in [0.1, 0.15) is 0 Å². The van der Waals surface area contributed by atoms with E-state index in [1.165, 1.54) is 154 Å². The van der Waals surface area contributed by atoms with Gasteiger partial charge in [0.25, 0.3) is 0 Å². The zero-order valence-corrected chi connectivity index (χ0v) is 31.4. The predicted molar refractivity (Wildman–Crippen MR) is 207 cm³/mol. The van der Waals surface area contributed by atoms with E-state index >= 15 is 0 Å². The monoisotopic (exact) mass is 628 g/mol. The highest BCUT2D eigenvalue weighted by atomic mass is 16.5. The second-order valence-corrected chi connectivity index (χ2v) is 12.8. The van der Waals surface area contributed by atoms with E-state index in [0.29, 0.717) is 6.10 Å². The lowest BCUT2D eigenvalue weighted by molar-refractivity contribution is 0.120. The van der Waals surface area contributed by atoms with E-state index in [2.05, 4.69) is 80.8 Å². The van der Waals surface area contributed by atoms with Crippen molar-refractivity contribution in [3.8, 4) is 0 Å². The Bertz CT molecular complexity index is 611. The molecule has 0 aromatic heterocycles. The van der Waals surface area contributed by atoms with Gasteiger partial charge in [-0.05, 0) is 110 Å². The Balaban J connectivity index is 0. The van der Waals surface area contributed by atoms with Gasteiger partial charge in [-0.1, -0.05) is 153 Å². The Morgan fingerprint density at radius 1 is 0.422 bits per heavy atom. The molecule has 0 aromatic carbocycles. The van der Waals surface area contributed by atoms with Crippen LogP contribution in [0.2, 0.25) is 0 Å². The number of rotatable bonds is 33. The third-order valence-corrected chi connectivity index (χ3v) is 8.06. The molecule has 45 heavy (non-hydrogen) atoms. The minimum absolute atomic E-state index is 0.421. The van der Waals surface area contributed by atoms with Gasteiger partial charge in [-0.25, -0.2) is 0 Å². The fraction of sp³-hybridized carbons (Fsp3) is 0.767. The summed E-state index contributed by atoms with van der Waals surface area (Å²) >= 11 is 0. The van der Waals surface area contributed by atoms with Crippen LogP contribution in [0.25, 0.3) is 0 Å². The van der Waals surface area contributed by atoms with Crippen LogP contribution >= 0.6 is 0 Å². The van der Waals surface area contributed by atoms with Crippen molar-refractivity contribution >= 4 is 0 Å². The lowest BCUT2D eigenvalue weighted by Crippen LogP contribution is -2.09. The third kappa shape index (κ3) is 44.6. The maximum atomic E-state index is 6.13. The van der Waals surface area contributed by atoms with Crippen molar-refractivity contribution in [2.45, 2.75) is 200 Å². The summed E-state index contributed by atoms with van der Waals surface area (Å²) in [5, 5.41) is 2.75. The summed E-state index contributed by atoms with van der Waals surface area (Å²) in [4.78, 5) is 0. The third-order valence-electron chi connectivity index (χ3n) is 8.06. The van der Waals surface area contributed by atoms with Crippen molar-refractivity contribution in [2.24, 2.45) is 0 Å². The number of ether oxygens (including phenoxy) is 1. The van der Waals surface area contributed by atoms with Gasteiger partial charge in [0.15, 0.2) is 0 Å². The Morgan fingerprint density at radius 3 is 1.11 bits per heavy atom. The topological polar surface area (TPSA) is 21.3 Å². The van der Waals surface area contributed by atoms with Gasteiger partial charge in [0.05, 0.1) is 12.4 Å². The molecule has 0 spiro atoms. The first-order valence-electron chi connectivity index (χ1n) is 19.8. The Labute approximate surface area is 284 Å². The van der Waals surface area contributed by atoms with Crippen molar-refractivity contribution in [3.63, 3.8) is 0 Å². The van der Waals surface area contributed by atoms with E-state index in [0.717, 1.165) is 19.3 Å². The van der Waals surface area contributed by atoms with Gasteiger partial charge in [0.2, 0.25) is 0 Å². The molecular weight excluding hydrogens is 546 g/mol. The highest BCUT2D eigenvalue weighted by Gasteiger charge is 2.08. The second-order valence-electron chi connectivity index (χ2n) is 12.8. The summed E-state index contributed by atoms with van der Waals surface area (Å²) in [5.41, 5.74) is 0. The molecular formula is C43H81NO. The minimum atomic E-state index is 0.421. The average Bonchev–Trinajstić information content (AvgIpc) is 3.04. The van der Waals surface area contributed by atoms with Crippen LogP contribution in [0.4, 0.5) is 0 Å². The summed E-state index contributed by atoms with van der Waals surface area (Å²) < 4.78 is 6.13. The van der Waals surface area contributed by atoms with Crippen LogP contribution in [0.15, 0.2) is 60.9 Å². The van der Waals surface area contributed by atoms with Crippen LogP contribution in [0, 0.1) is 0 Å². The van der Waals surface area contributed by atoms with Crippen molar-refractivity contribution in [1.82, 2.24) is 5.32 Å². The van der Waals surface area contributed by atoms with Crippen LogP contribution < -0.4 is 5.32 Å². The standard InChI is InChI=1S/C41H74O.C2H7N/c1-4-7-10-12-14-16-18-20-22-24-26-28-30-32-34-36-38-41(42-40-9-6-3)39-37-35-33-31-29-27-25-23-21-19-17-15-13-11-8-5-2;1-3-2/h9,14-17,20-23,40-41H,4-8,10-13,18-19,24-39H2,1-3H3;3H,1-2H3/b16-14-,17-15-,22-20-,23-21-,40-9+;. The molecule has 2 heteroatoms. The highest BCUT2D eigenvalue weighted by molar-refractivity contribution is 4.93. The molecule has 2 nitrogen and oxygen atoms in total. The summed E-state index contributed by atoms with van der Waals surface area (Å²) in [6.07, 6.45) is 58.5. The molecule has 0 radical (unpaired) electrons. The quantitative estimate of drug-likeness (QED) is 0.0444. The number of hydrogen-bond donors (Lipinski definition) is 1. The van der Waals surface area contributed by atoms with Crippen LogP contribution in [-0.4, -0.2) is 20.2 Å². The van der Waals surface area contributed by atoms with Crippen LogP contribution in [0.1, 0.15) is 194 Å². The summed E-state index contributed by atoms with van der Waals surface area (Å²) in [6, 6.07) is 0. The van der Waals surface area contributed by atoms with Crippen molar-refractivity contribution in [3.05, 3.63) is 60.9 Å². The molecule has 0 aromatic rings. The minimum Gasteiger partial charge on any atom is -0.498 e. The summed E-state index contributed by atoms with van der Waals surface area (Å²) in [6.45, 7) is 6.72. The molecule has 0 aliphatic carbocycles. The van der Waals surface area contributed by atoms with E-state index in [9.17, 15) is 0 Å². The second kappa shape index (κ2) is 44.6. The number of unbranched alkanes of at least 4 members (excludes halogenated alkanes) is 18. The van der Waals surface area contributed by atoms with E-state index in [-0.39, 0.29) is 0 Å². The fourth-order valence-electron chi connectivity index (χ4n) is 5.26. The van der Waals surface area contributed by atoms with Gasteiger partial charge >= 0.3 is 0 Å². The first-order chi connectivity index (χ1) is 22.3. The van der Waals surface area contributed by atoms with Gasteiger partial charge in [0, 0.05) is 0 Å². The van der Waals surface area contributed by atoms with E-state index < -0.39 is 0 Å². The molecule has 0 saturated carbocycles. The number of nitrogens with one attached hydrogen (secondary N) is 1. The zero-order valence-electron chi connectivity index (χ0n) is 31.4. The SMILES string of the molecule is CC/C=C/OC(CCCCCCCC/C=C\C/C=C\CCCCC)CCCCCCCC/C=C\C/C=C\CCCCC.CNC. The molecule has 0 aliphatic heterocycles. The van der Waals surface area contributed by atoms with E-state index in [4.69, 9.17) is 4.74 Å². The molecule has 0 unspecified atom stereocenters. The molecule has 0 atom stereocenters. The fourth-order valence-corrected chi connectivity index (χ4v) is 5.26. The maximum Gasteiger partial charge on any atom is 0.0978 e. The molecule has 0 fully saturated rings. The molecule has 0 heterocycles. The highest BCUT2D eigenvalue weighted by Crippen LogP contribution is 2.18. The van der Waals surface area contributed by atoms with Crippen LogP contribution in [0.3, 0.4) is 0 Å². The van der Waals surface area contributed by atoms with Gasteiger partial charge < -0.3 is 10.1 Å². The Kier molecular flexibility index (Phi) is 45.2. The van der Waals surface area contributed by atoms with Crippen LogP contribution in [-0.2, 0) is 4.74 Å². The molecule has 0 saturated heterocycles. The maximum absolute atomic E-state index is 6.13. The summed E-state index contributed by atoms with van der Waals surface area (Å²) in [7, 11) is 3.75. The first kappa shape index (κ1) is 45.6. The van der Waals surface area contributed by atoms with Gasteiger partial charge in [-0.3, -0.25) is 0 Å². The molecule has 0 amide bonds. The van der Waals surface area contributed by atoms with Crippen LogP contribution in [0.5, 0.6) is 0 Å². The largest absolute Gasteiger partial charge is 0.498 e. The number of hydrogen-bond acceptors (Lipinski definition) is 2. The van der Waals surface area contributed by atoms with E-state index in [1.807, 2.05) is 20.4 Å². The summed E-state index contributed by atoms with van der Waals surface area (Å²) in [5.74, 6) is 0. The zero-order chi connectivity index (χ0) is 33.2. The van der Waals surface area contributed by atoms with Gasteiger partial charge in [-0.2, -0.15) is 0 Å².